The summed E-state index contributed by atoms with van der Waals surface area (Å²) in [5.41, 5.74) is 2.78. The standard InChI is InChI=1S/C23H21FN4OS/c1-26-15-16(17-6-2-4-8-19(17)26)14-21-22(29)25-23(30-21)28-12-10-27(11-13-28)20-9-5-3-7-18(20)24/h2-9,14-15H,10-13H2,1H3/b21-14+. The van der Waals surface area contributed by atoms with E-state index in [2.05, 4.69) is 26.6 Å². The van der Waals surface area contributed by atoms with Crippen LogP contribution in [0.1, 0.15) is 5.56 Å². The van der Waals surface area contributed by atoms with E-state index in [1.54, 1.807) is 12.1 Å². The van der Waals surface area contributed by atoms with Crippen molar-refractivity contribution in [2.45, 2.75) is 0 Å². The molecule has 0 aliphatic carbocycles. The van der Waals surface area contributed by atoms with Crippen molar-refractivity contribution in [2.75, 3.05) is 31.1 Å². The van der Waals surface area contributed by atoms with Gasteiger partial charge in [0, 0.05) is 55.9 Å². The highest BCUT2D eigenvalue weighted by Gasteiger charge is 2.29. The molecule has 5 nitrogen and oxygen atoms in total. The molecule has 1 saturated heterocycles. The van der Waals surface area contributed by atoms with Crippen molar-refractivity contribution in [2.24, 2.45) is 12.0 Å². The van der Waals surface area contributed by atoms with E-state index in [-0.39, 0.29) is 11.7 Å². The molecular weight excluding hydrogens is 399 g/mol. The number of carbonyl (C=O) groups excluding carboxylic acids is 1. The first-order valence-electron chi connectivity index (χ1n) is 9.91. The second-order valence-corrected chi connectivity index (χ2v) is 8.46. The molecule has 7 heteroatoms. The maximum atomic E-state index is 14.1. The highest BCUT2D eigenvalue weighted by atomic mass is 32.2. The third-order valence-electron chi connectivity index (χ3n) is 5.57. The van der Waals surface area contributed by atoms with Crippen LogP contribution in [0.25, 0.3) is 17.0 Å². The molecular formula is C23H21FN4OS. The Bertz CT molecular complexity index is 1190. The second kappa shape index (κ2) is 7.65. The van der Waals surface area contributed by atoms with Gasteiger partial charge in [0.2, 0.25) is 0 Å². The average Bonchev–Trinajstić information content (AvgIpc) is 3.29. The fourth-order valence-corrected chi connectivity index (χ4v) is 4.97. The van der Waals surface area contributed by atoms with Gasteiger partial charge in [0.15, 0.2) is 5.17 Å². The van der Waals surface area contributed by atoms with Gasteiger partial charge < -0.3 is 14.4 Å². The van der Waals surface area contributed by atoms with Crippen LogP contribution in [0.15, 0.2) is 64.6 Å². The highest BCUT2D eigenvalue weighted by Crippen LogP contribution is 2.33. The van der Waals surface area contributed by atoms with Gasteiger partial charge in [-0.05, 0) is 36.0 Å². The van der Waals surface area contributed by atoms with Gasteiger partial charge in [-0.1, -0.05) is 30.3 Å². The van der Waals surface area contributed by atoms with Crippen molar-refractivity contribution in [3.8, 4) is 0 Å². The molecule has 2 aromatic carbocycles. The lowest BCUT2D eigenvalue weighted by Crippen LogP contribution is -2.48. The Morgan fingerprint density at radius 1 is 1.00 bits per heavy atom. The summed E-state index contributed by atoms with van der Waals surface area (Å²) in [5, 5.41) is 1.85. The summed E-state index contributed by atoms with van der Waals surface area (Å²) in [5.74, 6) is -0.395. The number of benzene rings is 2. The van der Waals surface area contributed by atoms with Gasteiger partial charge in [0.25, 0.3) is 5.91 Å². The van der Waals surface area contributed by atoms with E-state index in [4.69, 9.17) is 0 Å². The quantitative estimate of drug-likeness (QED) is 0.585. The van der Waals surface area contributed by atoms with Crippen LogP contribution in [0.3, 0.4) is 0 Å². The number of halogens is 1. The number of aliphatic imine (C=N–C) groups is 1. The maximum Gasteiger partial charge on any atom is 0.286 e. The molecule has 1 amide bonds. The van der Waals surface area contributed by atoms with Crippen LogP contribution in [0.2, 0.25) is 0 Å². The van der Waals surface area contributed by atoms with Crippen LogP contribution in [-0.4, -0.2) is 46.7 Å². The van der Waals surface area contributed by atoms with Gasteiger partial charge in [-0.15, -0.1) is 0 Å². The Kier molecular flexibility index (Phi) is 4.83. The van der Waals surface area contributed by atoms with Crippen LogP contribution in [0.4, 0.5) is 10.1 Å². The predicted molar refractivity (Wildman–Crippen MR) is 121 cm³/mol. The number of para-hydroxylation sites is 2. The van der Waals surface area contributed by atoms with Gasteiger partial charge in [0.05, 0.1) is 10.6 Å². The van der Waals surface area contributed by atoms with Gasteiger partial charge in [0.1, 0.15) is 5.82 Å². The molecule has 152 valence electrons. The topological polar surface area (TPSA) is 40.8 Å². The van der Waals surface area contributed by atoms with E-state index in [0.717, 1.165) is 21.6 Å². The smallest absolute Gasteiger partial charge is 0.286 e. The first kappa shape index (κ1) is 18.9. The van der Waals surface area contributed by atoms with Crippen molar-refractivity contribution in [1.29, 1.82) is 0 Å². The zero-order valence-electron chi connectivity index (χ0n) is 16.6. The van der Waals surface area contributed by atoms with Crippen molar-refractivity contribution in [3.63, 3.8) is 0 Å². The molecule has 0 bridgehead atoms. The number of carbonyl (C=O) groups is 1. The van der Waals surface area contributed by atoms with Crippen molar-refractivity contribution in [3.05, 3.63) is 71.0 Å². The molecule has 5 rings (SSSR count). The Balaban J connectivity index is 1.30. The Hall–Kier alpha value is -3.06. The van der Waals surface area contributed by atoms with E-state index >= 15 is 0 Å². The zero-order valence-corrected chi connectivity index (χ0v) is 17.4. The zero-order chi connectivity index (χ0) is 20.7. The maximum absolute atomic E-state index is 14.1. The van der Waals surface area contributed by atoms with Crippen LogP contribution < -0.4 is 4.90 Å². The molecule has 1 aromatic heterocycles. The van der Waals surface area contributed by atoms with Crippen LogP contribution >= 0.6 is 11.8 Å². The van der Waals surface area contributed by atoms with Crippen molar-refractivity contribution in [1.82, 2.24) is 9.47 Å². The molecule has 3 aromatic rings. The lowest BCUT2D eigenvalue weighted by Gasteiger charge is -2.36. The average molecular weight is 421 g/mol. The number of nitrogens with zero attached hydrogens (tertiary/aromatic N) is 4. The Labute approximate surface area is 178 Å². The molecule has 0 radical (unpaired) electrons. The van der Waals surface area contributed by atoms with Crippen LogP contribution in [0, 0.1) is 5.82 Å². The fraction of sp³-hybridized carbons (Fsp3) is 0.217. The Morgan fingerprint density at radius 3 is 2.50 bits per heavy atom. The summed E-state index contributed by atoms with van der Waals surface area (Å²) in [7, 11) is 2.00. The number of hydrogen-bond acceptors (Lipinski definition) is 4. The number of thioether (sulfide) groups is 1. The summed E-state index contributed by atoms with van der Waals surface area (Å²) < 4.78 is 16.1. The molecule has 30 heavy (non-hydrogen) atoms. The molecule has 3 heterocycles. The molecule has 0 unspecified atom stereocenters. The van der Waals surface area contributed by atoms with Gasteiger partial charge in [-0.25, -0.2) is 4.39 Å². The SMILES string of the molecule is Cn1cc(/C=C2/SC(N3CCN(c4ccccc4F)CC3)=NC2=O)c2ccccc21. The molecule has 0 saturated carbocycles. The van der Waals surface area contributed by atoms with Crippen molar-refractivity contribution >= 4 is 45.5 Å². The molecule has 1 fully saturated rings. The van der Waals surface area contributed by atoms with E-state index in [1.165, 1.54) is 17.8 Å². The Morgan fingerprint density at radius 2 is 1.70 bits per heavy atom. The van der Waals surface area contributed by atoms with E-state index in [0.29, 0.717) is 36.8 Å². The van der Waals surface area contributed by atoms with Crippen LogP contribution in [-0.2, 0) is 11.8 Å². The van der Waals surface area contributed by atoms with Gasteiger partial charge in [-0.2, -0.15) is 4.99 Å². The summed E-state index contributed by atoms with van der Waals surface area (Å²) in [6.45, 7) is 2.79. The van der Waals surface area contributed by atoms with Crippen LogP contribution in [0.5, 0.6) is 0 Å². The summed E-state index contributed by atoms with van der Waals surface area (Å²) >= 11 is 1.42. The van der Waals surface area contributed by atoms with Gasteiger partial charge >= 0.3 is 0 Å². The number of amidine groups is 1. The largest absolute Gasteiger partial charge is 0.366 e. The summed E-state index contributed by atoms with van der Waals surface area (Å²) in [6, 6.07) is 15.0. The molecule has 0 N–H and O–H groups in total. The minimum atomic E-state index is -0.200. The predicted octanol–water partition coefficient (Wildman–Crippen LogP) is 4.11. The molecule has 0 atom stereocenters. The van der Waals surface area contributed by atoms with E-state index in [9.17, 15) is 9.18 Å². The van der Waals surface area contributed by atoms with E-state index in [1.807, 2.05) is 42.4 Å². The molecule has 0 spiro atoms. The number of aryl methyl sites for hydroxylation is 1. The number of piperazine rings is 1. The monoisotopic (exact) mass is 420 g/mol. The minimum absolute atomic E-state index is 0.195. The lowest BCUT2D eigenvalue weighted by atomic mass is 10.1. The first-order chi connectivity index (χ1) is 14.6. The third-order valence-corrected chi connectivity index (χ3v) is 6.61. The fourth-order valence-electron chi connectivity index (χ4n) is 4.01. The highest BCUT2D eigenvalue weighted by molar-refractivity contribution is 8.18. The van der Waals surface area contributed by atoms with E-state index < -0.39 is 0 Å². The summed E-state index contributed by atoms with van der Waals surface area (Å²) in [6.07, 6.45) is 3.97. The number of amides is 1. The number of hydrogen-bond donors (Lipinski definition) is 0. The van der Waals surface area contributed by atoms with Crippen molar-refractivity contribution < 1.29 is 9.18 Å². The number of rotatable bonds is 2. The van der Waals surface area contributed by atoms with Gasteiger partial charge in [-0.3, -0.25) is 4.79 Å². The summed E-state index contributed by atoms with van der Waals surface area (Å²) in [4.78, 5) is 21.6. The number of aromatic nitrogens is 1. The number of anilines is 1. The number of fused-ring (bicyclic) bond motifs is 1. The molecule has 2 aliphatic rings. The molecule has 2 aliphatic heterocycles. The second-order valence-electron chi connectivity index (χ2n) is 7.45. The minimum Gasteiger partial charge on any atom is -0.366 e. The lowest BCUT2D eigenvalue weighted by molar-refractivity contribution is -0.113. The first-order valence-corrected chi connectivity index (χ1v) is 10.7. The normalized spacial score (nSPS) is 18.5. The third kappa shape index (κ3) is 3.39.